The molecule has 66 valence electrons. The molecule has 0 aliphatic carbocycles. The standard InChI is InChI=1S/C7H6ClF2NO/c1-3-2-4(6(9)10)7(12)11-5(3)8/h2,6H,1H3,(H,11,12). The maximum Gasteiger partial charge on any atom is 0.269 e. The van der Waals surface area contributed by atoms with Crippen LogP contribution < -0.4 is 5.56 Å². The molecule has 1 aromatic rings. The van der Waals surface area contributed by atoms with Crippen LogP contribution in [0.4, 0.5) is 8.78 Å². The lowest BCUT2D eigenvalue weighted by atomic mass is 10.2. The van der Waals surface area contributed by atoms with Crippen molar-refractivity contribution < 1.29 is 8.78 Å². The number of alkyl halides is 2. The second kappa shape index (κ2) is 3.23. The summed E-state index contributed by atoms with van der Waals surface area (Å²) in [5, 5.41) is 0.101. The molecule has 5 heteroatoms. The fourth-order valence-electron chi connectivity index (χ4n) is 0.795. The Morgan fingerprint density at radius 1 is 1.58 bits per heavy atom. The summed E-state index contributed by atoms with van der Waals surface area (Å²) in [4.78, 5) is 12.9. The van der Waals surface area contributed by atoms with Crippen molar-refractivity contribution in [3.63, 3.8) is 0 Å². The summed E-state index contributed by atoms with van der Waals surface area (Å²) in [6.45, 7) is 1.55. The Balaban J connectivity index is 3.33. The third-order valence-corrected chi connectivity index (χ3v) is 1.83. The van der Waals surface area contributed by atoms with Gasteiger partial charge in [0, 0.05) is 0 Å². The fourth-order valence-corrected chi connectivity index (χ4v) is 0.935. The normalized spacial score (nSPS) is 10.8. The highest BCUT2D eigenvalue weighted by Crippen LogP contribution is 2.18. The maximum atomic E-state index is 12.1. The number of pyridine rings is 1. The number of nitrogens with one attached hydrogen (secondary N) is 1. The van der Waals surface area contributed by atoms with E-state index in [1.165, 1.54) is 0 Å². The van der Waals surface area contributed by atoms with Gasteiger partial charge in [0.15, 0.2) is 0 Å². The smallest absolute Gasteiger partial charge is 0.269 e. The second-order valence-electron chi connectivity index (χ2n) is 2.35. The second-order valence-corrected chi connectivity index (χ2v) is 2.73. The number of aromatic amines is 1. The van der Waals surface area contributed by atoms with E-state index in [0.717, 1.165) is 6.07 Å². The van der Waals surface area contributed by atoms with Crippen LogP contribution in [0.25, 0.3) is 0 Å². The molecule has 1 aromatic heterocycles. The van der Waals surface area contributed by atoms with Gasteiger partial charge in [0.25, 0.3) is 12.0 Å². The summed E-state index contributed by atoms with van der Waals surface area (Å²) in [7, 11) is 0. The average molecular weight is 194 g/mol. The zero-order valence-electron chi connectivity index (χ0n) is 6.20. The molecular formula is C7H6ClF2NO. The molecule has 1 heterocycles. The van der Waals surface area contributed by atoms with Crippen LogP contribution in [-0.4, -0.2) is 4.98 Å². The van der Waals surface area contributed by atoms with Gasteiger partial charge in [0.2, 0.25) is 0 Å². The predicted molar refractivity (Wildman–Crippen MR) is 41.8 cm³/mol. The van der Waals surface area contributed by atoms with Gasteiger partial charge in [-0.2, -0.15) is 0 Å². The summed E-state index contributed by atoms with van der Waals surface area (Å²) in [6.07, 6.45) is -2.76. The van der Waals surface area contributed by atoms with Crippen molar-refractivity contribution in [1.82, 2.24) is 4.98 Å². The Bertz CT molecular complexity index is 348. The van der Waals surface area contributed by atoms with E-state index in [9.17, 15) is 13.6 Å². The van der Waals surface area contributed by atoms with Gasteiger partial charge in [-0.15, -0.1) is 0 Å². The van der Waals surface area contributed by atoms with Crippen LogP contribution >= 0.6 is 11.6 Å². The van der Waals surface area contributed by atoms with Crippen LogP contribution in [-0.2, 0) is 0 Å². The number of H-pyrrole nitrogens is 1. The van der Waals surface area contributed by atoms with Crippen LogP contribution in [0.3, 0.4) is 0 Å². The molecule has 0 aliphatic heterocycles. The average Bonchev–Trinajstić information content (AvgIpc) is 1.96. The highest BCUT2D eigenvalue weighted by atomic mass is 35.5. The number of hydrogen-bond donors (Lipinski definition) is 1. The largest absolute Gasteiger partial charge is 0.312 e. The van der Waals surface area contributed by atoms with Gasteiger partial charge in [-0.25, -0.2) is 8.78 Å². The van der Waals surface area contributed by atoms with Crippen molar-refractivity contribution in [3.8, 4) is 0 Å². The van der Waals surface area contributed by atoms with E-state index in [-0.39, 0.29) is 5.15 Å². The first-order valence-electron chi connectivity index (χ1n) is 3.20. The number of aryl methyl sites for hydroxylation is 1. The maximum absolute atomic E-state index is 12.1. The molecule has 1 N–H and O–H groups in total. The molecule has 0 aliphatic rings. The number of rotatable bonds is 1. The van der Waals surface area contributed by atoms with Crippen LogP contribution in [0, 0.1) is 6.92 Å². The van der Waals surface area contributed by atoms with Crippen LogP contribution in [0.2, 0.25) is 5.15 Å². The first kappa shape index (κ1) is 9.19. The summed E-state index contributed by atoms with van der Waals surface area (Å²) in [6, 6.07) is 1.09. The molecule has 0 unspecified atom stereocenters. The van der Waals surface area contributed by atoms with Gasteiger partial charge in [-0.1, -0.05) is 11.6 Å². The zero-order chi connectivity index (χ0) is 9.30. The first-order chi connectivity index (χ1) is 5.52. The van der Waals surface area contributed by atoms with E-state index in [2.05, 4.69) is 4.98 Å². The van der Waals surface area contributed by atoms with Crippen molar-refractivity contribution in [2.45, 2.75) is 13.3 Å². The third kappa shape index (κ3) is 1.64. The molecule has 0 saturated heterocycles. The van der Waals surface area contributed by atoms with Crippen molar-refractivity contribution in [1.29, 1.82) is 0 Å². The highest BCUT2D eigenvalue weighted by Gasteiger charge is 2.13. The summed E-state index contributed by atoms with van der Waals surface area (Å²) >= 11 is 5.49. The van der Waals surface area contributed by atoms with Crippen molar-refractivity contribution in [3.05, 3.63) is 32.7 Å². The molecule has 12 heavy (non-hydrogen) atoms. The Hall–Kier alpha value is -0.900. The minimum Gasteiger partial charge on any atom is -0.312 e. The topological polar surface area (TPSA) is 32.9 Å². The number of aromatic nitrogens is 1. The van der Waals surface area contributed by atoms with Gasteiger partial charge in [0.1, 0.15) is 5.15 Å². The van der Waals surface area contributed by atoms with Crippen molar-refractivity contribution in [2.24, 2.45) is 0 Å². The monoisotopic (exact) mass is 193 g/mol. The van der Waals surface area contributed by atoms with E-state index in [1.807, 2.05) is 0 Å². The molecule has 0 bridgehead atoms. The SMILES string of the molecule is Cc1cc(C(F)F)c(=O)[nH]c1Cl. The van der Waals surface area contributed by atoms with Gasteiger partial charge in [-0.3, -0.25) is 4.79 Å². The van der Waals surface area contributed by atoms with Gasteiger partial charge in [-0.05, 0) is 18.6 Å². The third-order valence-electron chi connectivity index (χ3n) is 1.44. The fraction of sp³-hybridized carbons (Fsp3) is 0.286. The summed E-state index contributed by atoms with van der Waals surface area (Å²) < 4.78 is 24.2. The van der Waals surface area contributed by atoms with E-state index in [1.54, 1.807) is 6.92 Å². The Morgan fingerprint density at radius 3 is 2.67 bits per heavy atom. The molecule has 0 spiro atoms. The van der Waals surface area contributed by atoms with Crippen LogP contribution in [0.5, 0.6) is 0 Å². The van der Waals surface area contributed by atoms with E-state index in [0.29, 0.717) is 5.56 Å². The lowest BCUT2D eigenvalue weighted by molar-refractivity contribution is 0.149. The Morgan fingerprint density at radius 2 is 2.17 bits per heavy atom. The van der Waals surface area contributed by atoms with Gasteiger partial charge >= 0.3 is 0 Å². The van der Waals surface area contributed by atoms with Crippen LogP contribution in [0.1, 0.15) is 17.6 Å². The van der Waals surface area contributed by atoms with Gasteiger partial charge < -0.3 is 4.98 Å². The minimum absolute atomic E-state index is 0.101. The van der Waals surface area contributed by atoms with Crippen molar-refractivity contribution >= 4 is 11.6 Å². The van der Waals surface area contributed by atoms with Gasteiger partial charge in [0.05, 0.1) is 5.56 Å². The molecule has 0 fully saturated rings. The Kier molecular flexibility index (Phi) is 2.47. The first-order valence-corrected chi connectivity index (χ1v) is 3.57. The molecule has 1 rings (SSSR count). The summed E-state index contributed by atoms with van der Waals surface area (Å²) in [5.41, 5.74) is -0.941. The number of hydrogen-bond acceptors (Lipinski definition) is 1. The van der Waals surface area contributed by atoms with E-state index < -0.39 is 17.5 Å². The Labute approximate surface area is 72.2 Å². The van der Waals surface area contributed by atoms with Crippen LogP contribution in [0.15, 0.2) is 10.9 Å². The quantitative estimate of drug-likeness (QED) is 0.682. The molecule has 0 saturated carbocycles. The molecule has 2 nitrogen and oxygen atoms in total. The zero-order valence-corrected chi connectivity index (χ0v) is 6.95. The predicted octanol–water partition coefficient (Wildman–Crippen LogP) is 2.27. The molecule has 0 atom stereocenters. The molecule has 0 amide bonds. The van der Waals surface area contributed by atoms with Crippen molar-refractivity contribution in [2.75, 3.05) is 0 Å². The highest BCUT2D eigenvalue weighted by molar-refractivity contribution is 6.30. The lowest BCUT2D eigenvalue weighted by Crippen LogP contribution is -2.13. The minimum atomic E-state index is -2.76. The summed E-state index contributed by atoms with van der Waals surface area (Å²) in [5.74, 6) is 0. The van der Waals surface area contributed by atoms with E-state index >= 15 is 0 Å². The molecule has 0 aromatic carbocycles. The van der Waals surface area contributed by atoms with E-state index in [4.69, 9.17) is 11.6 Å². The molecular weight excluding hydrogens is 188 g/mol. The lowest BCUT2D eigenvalue weighted by Gasteiger charge is -2.01. The molecule has 0 radical (unpaired) electrons. The number of halogens is 3.